The Morgan fingerprint density at radius 2 is 1.79 bits per heavy atom. The number of aryl methyl sites for hydroxylation is 1. The molecule has 4 aliphatic rings. The van der Waals surface area contributed by atoms with Gasteiger partial charge in [0.05, 0.1) is 16.9 Å². The number of carbonyl (C=O) groups excluding carboxylic acids is 2. The Bertz CT molecular complexity index is 1640. The predicted molar refractivity (Wildman–Crippen MR) is 159 cm³/mol. The van der Waals surface area contributed by atoms with Crippen molar-refractivity contribution in [1.29, 1.82) is 0 Å². The summed E-state index contributed by atoms with van der Waals surface area (Å²) in [7, 11) is 0. The number of aromatic nitrogens is 1. The Morgan fingerprint density at radius 3 is 2.45 bits per heavy atom. The SMILES string of the molecule is Cc1cccc(COc2ccc([C@H]3c4sc(=O)[nH]c4SC4C5CC(C6C(=O)N(C(C(=O)O)C(C)C)C(=O)C56)C43)cc2)c1. The van der Waals surface area contributed by atoms with Crippen LogP contribution in [-0.4, -0.2) is 44.1 Å². The van der Waals surface area contributed by atoms with E-state index in [1.165, 1.54) is 16.9 Å². The Kier molecular flexibility index (Phi) is 6.62. The Hall–Kier alpha value is -3.37. The maximum atomic E-state index is 13.8. The zero-order valence-corrected chi connectivity index (χ0v) is 25.1. The second-order valence-electron chi connectivity index (χ2n) is 12.4. The van der Waals surface area contributed by atoms with Crippen LogP contribution in [0, 0.1) is 42.4 Å². The molecule has 218 valence electrons. The van der Waals surface area contributed by atoms with Gasteiger partial charge in [0.1, 0.15) is 18.4 Å². The highest BCUT2D eigenvalue weighted by molar-refractivity contribution is 8.00. The van der Waals surface area contributed by atoms with Gasteiger partial charge in [-0.1, -0.05) is 67.1 Å². The molecule has 1 saturated heterocycles. The van der Waals surface area contributed by atoms with E-state index >= 15 is 0 Å². The summed E-state index contributed by atoms with van der Waals surface area (Å²) in [6, 6.07) is 15.1. The fraction of sp³-hybridized carbons (Fsp3) is 0.438. The lowest BCUT2D eigenvalue weighted by Crippen LogP contribution is -2.49. The minimum atomic E-state index is -1.16. The number of H-pyrrole nitrogens is 1. The number of carboxylic acids is 1. The predicted octanol–water partition coefficient (Wildman–Crippen LogP) is 4.91. The summed E-state index contributed by atoms with van der Waals surface area (Å²) in [5, 5.41) is 10.8. The van der Waals surface area contributed by atoms with E-state index in [-0.39, 0.29) is 51.5 Å². The van der Waals surface area contributed by atoms with E-state index in [1.54, 1.807) is 25.6 Å². The summed E-state index contributed by atoms with van der Waals surface area (Å²) in [4.78, 5) is 57.1. The molecule has 2 aliphatic heterocycles. The summed E-state index contributed by atoms with van der Waals surface area (Å²) in [6.45, 7) is 5.98. The number of hydrogen-bond acceptors (Lipinski definition) is 7. The van der Waals surface area contributed by atoms with Crippen LogP contribution in [0.4, 0.5) is 0 Å². The van der Waals surface area contributed by atoms with Gasteiger partial charge in [-0.25, -0.2) is 4.79 Å². The third kappa shape index (κ3) is 4.17. The van der Waals surface area contributed by atoms with Crippen molar-refractivity contribution in [3.8, 4) is 5.75 Å². The summed E-state index contributed by atoms with van der Waals surface area (Å²) in [5.41, 5.74) is 3.32. The van der Waals surface area contributed by atoms with Gasteiger partial charge < -0.3 is 14.8 Å². The molecule has 8 atom stereocenters. The number of rotatable bonds is 7. The number of aromatic amines is 1. The van der Waals surface area contributed by atoms with E-state index in [9.17, 15) is 24.3 Å². The molecule has 2 N–H and O–H groups in total. The molecule has 2 aliphatic carbocycles. The van der Waals surface area contributed by atoms with Crippen LogP contribution in [0.1, 0.15) is 47.8 Å². The highest BCUT2D eigenvalue weighted by Gasteiger charge is 2.70. The first-order chi connectivity index (χ1) is 20.1. The average molecular weight is 605 g/mol. The first-order valence-corrected chi connectivity index (χ1v) is 16.1. The number of benzene rings is 2. The summed E-state index contributed by atoms with van der Waals surface area (Å²) in [5.74, 6) is -2.63. The molecule has 2 amide bonds. The third-order valence-corrected chi connectivity index (χ3v) is 12.2. The molecule has 3 fully saturated rings. The monoisotopic (exact) mass is 604 g/mol. The van der Waals surface area contributed by atoms with Crippen molar-refractivity contribution in [3.63, 3.8) is 0 Å². The minimum Gasteiger partial charge on any atom is -0.489 e. The van der Waals surface area contributed by atoms with Gasteiger partial charge in [-0.15, -0.1) is 11.8 Å². The first-order valence-electron chi connectivity index (χ1n) is 14.4. The molecular weight excluding hydrogens is 572 g/mol. The van der Waals surface area contributed by atoms with Gasteiger partial charge in [0, 0.05) is 16.0 Å². The number of imide groups is 1. The quantitative estimate of drug-likeness (QED) is 0.368. The standard InChI is InChI=1S/C32H32N2O6S2/c1-14(2)25(31(37)38)34-29(35)23-19-12-20(24(23)30(34)36)26-22(19)21(27-28(41-26)33-32(39)42-27)17-7-9-18(10-8-17)40-13-16-6-4-5-15(3)11-16/h4-11,14,19-26H,12-13H2,1-3H3,(H,33,39)(H,37,38)/t19?,20?,21-,22?,23?,24?,25?,26?/m1/s1. The number of nitrogens with zero attached hydrogens (tertiary/aromatic N) is 1. The number of ether oxygens (including phenoxy) is 1. The van der Waals surface area contributed by atoms with E-state index in [2.05, 4.69) is 24.0 Å². The summed E-state index contributed by atoms with van der Waals surface area (Å²) in [6.07, 6.45) is 0.760. The van der Waals surface area contributed by atoms with Gasteiger partial charge in [-0.2, -0.15) is 0 Å². The molecule has 7 rings (SSSR count). The number of nitrogens with one attached hydrogen (secondary N) is 1. The number of hydrogen-bond donors (Lipinski definition) is 2. The molecule has 10 heteroatoms. The Balaban J connectivity index is 1.21. The maximum absolute atomic E-state index is 13.8. The number of thiazole rings is 1. The molecule has 0 radical (unpaired) electrons. The van der Waals surface area contributed by atoms with Gasteiger partial charge in [-0.05, 0) is 60.3 Å². The Labute approximate surface area is 251 Å². The molecule has 8 nitrogen and oxygen atoms in total. The van der Waals surface area contributed by atoms with Crippen molar-refractivity contribution in [3.05, 3.63) is 79.8 Å². The number of carbonyl (C=O) groups is 3. The molecule has 2 bridgehead atoms. The van der Waals surface area contributed by atoms with E-state index in [1.807, 2.05) is 36.4 Å². The molecule has 3 heterocycles. The number of carboxylic acid groups (broad SMARTS) is 1. The highest BCUT2D eigenvalue weighted by atomic mass is 32.2. The van der Waals surface area contributed by atoms with Gasteiger partial charge in [0.2, 0.25) is 11.8 Å². The zero-order valence-electron chi connectivity index (χ0n) is 23.5. The van der Waals surface area contributed by atoms with Gasteiger partial charge in [0.25, 0.3) is 0 Å². The summed E-state index contributed by atoms with van der Waals surface area (Å²) >= 11 is 2.85. The van der Waals surface area contributed by atoms with Crippen molar-refractivity contribution in [2.75, 3.05) is 0 Å². The van der Waals surface area contributed by atoms with Gasteiger partial charge in [-0.3, -0.25) is 19.3 Å². The molecule has 7 unspecified atom stereocenters. The van der Waals surface area contributed by atoms with Crippen molar-refractivity contribution in [2.45, 2.75) is 56.0 Å². The molecule has 2 saturated carbocycles. The maximum Gasteiger partial charge on any atom is 0.327 e. The second kappa shape index (κ2) is 10.1. The first kappa shape index (κ1) is 27.5. The van der Waals surface area contributed by atoms with Crippen molar-refractivity contribution < 1.29 is 24.2 Å². The van der Waals surface area contributed by atoms with E-state index in [0.717, 1.165) is 38.1 Å². The van der Waals surface area contributed by atoms with Crippen LogP contribution in [-0.2, 0) is 21.0 Å². The molecule has 3 aromatic rings. The van der Waals surface area contributed by atoms with E-state index in [0.29, 0.717) is 6.61 Å². The van der Waals surface area contributed by atoms with Crippen LogP contribution in [0.15, 0.2) is 58.4 Å². The second-order valence-corrected chi connectivity index (χ2v) is 14.6. The van der Waals surface area contributed by atoms with Crippen molar-refractivity contribution in [1.82, 2.24) is 9.88 Å². The minimum absolute atomic E-state index is 0.0472. The topological polar surface area (TPSA) is 117 Å². The summed E-state index contributed by atoms with van der Waals surface area (Å²) < 4.78 is 6.06. The fourth-order valence-corrected chi connectivity index (χ4v) is 11.0. The van der Waals surface area contributed by atoms with Crippen molar-refractivity contribution >= 4 is 40.9 Å². The number of amides is 2. The van der Waals surface area contributed by atoms with E-state index < -0.39 is 23.8 Å². The smallest absolute Gasteiger partial charge is 0.327 e. The van der Waals surface area contributed by atoms with Gasteiger partial charge >= 0.3 is 10.8 Å². The van der Waals surface area contributed by atoms with E-state index in [4.69, 9.17) is 4.74 Å². The third-order valence-electron chi connectivity index (χ3n) is 9.65. The number of likely N-dealkylation sites (tertiary alicyclic amines) is 1. The van der Waals surface area contributed by atoms with Crippen LogP contribution in [0.25, 0.3) is 0 Å². The van der Waals surface area contributed by atoms with Crippen LogP contribution in [0.2, 0.25) is 0 Å². The average Bonchev–Trinajstić information content (AvgIpc) is 3.68. The lowest BCUT2D eigenvalue weighted by molar-refractivity contribution is -0.157. The molecule has 1 aromatic heterocycles. The molecular formula is C32H32N2O6S2. The zero-order chi connectivity index (χ0) is 29.4. The van der Waals surface area contributed by atoms with Crippen LogP contribution in [0.3, 0.4) is 0 Å². The normalized spacial score (nSPS) is 29.9. The molecule has 42 heavy (non-hydrogen) atoms. The fourth-order valence-electron chi connectivity index (χ4n) is 8.12. The van der Waals surface area contributed by atoms with Crippen LogP contribution >= 0.6 is 23.1 Å². The number of fused-ring (bicyclic) bond motifs is 9. The van der Waals surface area contributed by atoms with Crippen LogP contribution in [0.5, 0.6) is 5.75 Å². The largest absolute Gasteiger partial charge is 0.489 e. The highest BCUT2D eigenvalue weighted by Crippen LogP contribution is 2.68. The number of thioether (sulfide) groups is 1. The molecule has 0 spiro atoms. The lowest BCUT2D eigenvalue weighted by atomic mass is 9.68. The van der Waals surface area contributed by atoms with Crippen LogP contribution < -0.4 is 9.61 Å². The lowest BCUT2D eigenvalue weighted by Gasteiger charge is -2.43. The number of aliphatic carboxylic acids is 1. The van der Waals surface area contributed by atoms with Crippen molar-refractivity contribution in [2.24, 2.45) is 35.5 Å². The van der Waals surface area contributed by atoms with Gasteiger partial charge in [0.15, 0.2) is 0 Å². The molecule has 2 aromatic carbocycles. The Morgan fingerprint density at radius 1 is 1.07 bits per heavy atom.